The topological polar surface area (TPSA) is 125 Å². The number of hydrogen-bond acceptors (Lipinski definition) is 7. The average molecular weight is 529 g/mol. The first-order chi connectivity index (χ1) is 17.3. The number of aromatic nitrogens is 2. The number of ether oxygens (including phenoxy) is 1. The largest absolute Gasteiger partial charge is 0.490 e. The normalized spacial score (nSPS) is 15.5. The van der Waals surface area contributed by atoms with Gasteiger partial charge in [0.2, 0.25) is 0 Å². The second-order valence-electron chi connectivity index (χ2n) is 8.26. The summed E-state index contributed by atoms with van der Waals surface area (Å²) < 4.78 is 50.2. The van der Waals surface area contributed by atoms with E-state index in [2.05, 4.69) is 33.9 Å². The zero-order valence-electron chi connectivity index (χ0n) is 20.3. The van der Waals surface area contributed by atoms with Gasteiger partial charge in [-0.05, 0) is 12.0 Å². The quantitative estimate of drug-likeness (QED) is 0.447. The van der Waals surface area contributed by atoms with Crippen molar-refractivity contribution in [2.75, 3.05) is 31.6 Å². The van der Waals surface area contributed by atoms with Crippen molar-refractivity contribution in [1.29, 1.82) is 0 Å². The number of carbonyl (C=O) groups excluding carboxylic acids is 2. The Hall–Kier alpha value is -3.97. The van der Waals surface area contributed by atoms with Gasteiger partial charge >= 0.3 is 24.1 Å². The number of amides is 2. The molecule has 0 bridgehead atoms. The van der Waals surface area contributed by atoms with Crippen LogP contribution in [0.15, 0.2) is 36.7 Å². The fourth-order valence-electron chi connectivity index (χ4n) is 3.45. The molecule has 2 amide bonds. The Morgan fingerprint density at radius 1 is 1.16 bits per heavy atom. The fraction of sp³-hybridized carbons (Fsp3) is 0.435. The van der Waals surface area contributed by atoms with Crippen LogP contribution in [0.4, 0.5) is 28.2 Å². The maximum atomic E-state index is 13.8. The molecule has 10 nitrogen and oxygen atoms in total. The van der Waals surface area contributed by atoms with Crippen LogP contribution in [0.3, 0.4) is 0 Å². The van der Waals surface area contributed by atoms with Crippen molar-refractivity contribution in [2.24, 2.45) is 5.92 Å². The van der Waals surface area contributed by atoms with Crippen LogP contribution in [-0.2, 0) is 16.1 Å². The highest BCUT2D eigenvalue weighted by atomic mass is 19.4. The summed E-state index contributed by atoms with van der Waals surface area (Å²) in [4.78, 5) is 45.5. The lowest BCUT2D eigenvalue weighted by Gasteiger charge is -2.43. The Kier molecular flexibility index (Phi) is 10.1. The van der Waals surface area contributed by atoms with Gasteiger partial charge in [0.1, 0.15) is 11.6 Å². The maximum absolute atomic E-state index is 13.8. The second-order valence-corrected chi connectivity index (χ2v) is 8.26. The van der Waals surface area contributed by atoms with E-state index in [-0.39, 0.29) is 36.0 Å². The van der Waals surface area contributed by atoms with E-state index >= 15 is 0 Å². The number of rotatable bonds is 5. The summed E-state index contributed by atoms with van der Waals surface area (Å²) in [6.45, 7) is 5.89. The number of aliphatic carboxylic acids is 1. The van der Waals surface area contributed by atoms with Crippen LogP contribution in [0.2, 0.25) is 0 Å². The highest BCUT2D eigenvalue weighted by molar-refractivity contribution is 5.86. The first kappa shape index (κ1) is 29.3. The zero-order valence-corrected chi connectivity index (χ0v) is 20.3. The molecule has 1 atom stereocenters. The number of carboxylic acids is 1. The summed E-state index contributed by atoms with van der Waals surface area (Å²) >= 11 is 0. The van der Waals surface area contributed by atoms with Gasteiger partial charge < -0.3 is 25.0 Å². The van der Waals surface area contributed by atoms with E-state index in [9.17, 15) is 27.2 Å². The summed E-state index contributed by atoms with van der Waals surface area (Å²) in [7, 11) is 1.29. The number of anilines is 1. The van der Waals surface area contributed by atoms with Crippen LogP contribution < -0.4 is 10.2 Å². The predicted octanol–water partition coefficient (Wildman–Crippen LogP) is 3.09. The fourth-order valence-corrected chi connectivity index (χ4v) is 3.45. The van der Waals surface area contributed by atoms with Gasteiger partial charge in [0.25, 0.3) is 0 Å². The molecular weight excluding hydrogens is 502 g/mol. The highest BCUT2D eigenvalue weighted by Crippen LogP contribution is 2.21. The maximum Gasteiger partial charge on any atom is 0.490 e. The van der Waals surface area contributed by atoms with Gasteiger partial charge in [-0.25, -0.2) is 28.7 Å². The van der Waals surface area contributed by atoms with Gasteiger partial charge in [-0.1, -0.05) is 32.0 Å². The van der Waals surface area contributed by atoms with E-state index in [1.165, 1.54) is 25.6 Å². The Morgan fingerprint density at radius 3 is 2.32 bits per heavy atom. The second kappa shape index (κ2) is 12.8. The van der Waals surface area contributed by atoms with Gasteiger partial charge in [0.05, 0.1) is 25.5 Å². The molecule has 2 N–H and O–H groups in total. The van der Waals surface area contributed by atoms with E-state index in [1.54, 1.807) is 23.1 Å². The average Bonchev–Trinajstić information content (AvgIpc) is 2.87. The molecule has 1 unspecified atom stereocenters. The molecule has 1 aliphatic rings. The first-order valence-corrected chi connectivity index (χ1v) is 11.1. The van der Waals surface area contributed by atoms with E-state index < -0.39 is 18.1 Å². The minimum absolute atomic E-state index is 0.0542. The zero-order chi connectivity index (χ0) is 27.8. The van der Waals surface area contributed by atoms with Crippen molar-refractivity contribution in [2.45, 2.75) is 32.6 Å². The number of methoxy groups -OCH3 is 1. The highest BCUT2D eigenvalue weighted by Gasteiger charge is 2.38. The van der Waals surface area contributed by atoms with Crippen LogP contribution in [0.1, 0.15) is 29.9 Å². The number of piperazine rings is 1. The van der Waals surface area contributed by atoms with Gasteiger partial charge in [-0.15, -0.1) is 0 Å². The molecule has 202 valence electrons. The number of halogens is 4. The van der Waals surface area contributed by atoms with Crippen LogP contribution in [0.5, 0.6) is 0 Å². The number of carbonyl (C=O) groups is 3. The molecule has 2 heterocycles. The van der Waals surface area contributed by atoms with Crippen LogP contribution in [-0.4, -0.2) is 76.9 Å². The molecule has 1 aromatic heterocycles. The smallest absolute Gasteiger partial charge is 0.475 e. The molecule has 1 aliphatic heterocycles. The molecule has 0 aliphatic carbocycles. The summed E-state index contributed by atoms with van der Waals surface area (Å²) in [5.41, 5.74) is 0.597. The molecule has 0 radical (unpaired) electrons. The summed E-state index contributed by atoms with van der Waals surface area (Å²) in [6, 6.07) is 6.13. The Morgan fingerprint density at radius 2 is 1.81 bits per heavy atom. The molecule has 2 aromatic rings. The molecular formula is C23H27F4N5O5. The van der Waals surface area contributed by atoms with Crippen molar-refractivity contribution in [3.63, 3.8) is 0 Å². The molecule has 1 fully saturated rings. The number of carboxylic acid groups (broad SMARTS) is 1. The minimum Gasteiger partial charge on any atom is -0.475 e. The van der Waals surface area contributed by atoms with Crippen LogP contribution in [0, 0.1) is 11.7 Å². The molecule has 0 saturated carbocycles. The predicted molar refractivity (Wildman–Crippen MR) is 123 cm³/mol. The van der Waals surface area contributed by atoms with Gasteiger partial charge in [-0.3, -0.25) is 0 Å². The van der Waals surface area contributed by atoms with Gasteiger partial charge in [-0.2, -0.15) is 13.2 Å². The van der Waals surface area contributed by atoms with Crippen LogP contribution >= 0.6 is 0 Å². The standard InChI is InChI=1S/C21H26FN5O3.C2HF3O2/c1-14(2)18-13-26(19-12-23-17(11-24-19)20(28)30-3)8-9-27(18)21(29)25-10-15-6-4-5-7-16(15)22;3-2(4,5)1(6)7/h4-7,11-12,14,18H,8-10,13H2,1-3H3,(H,25,29);(H,6,7). The summed E-state index contributed by atoms with van der Waals surface area (Å²) in [5, 5.41) is 9.95. The minimum atomic E-state index is -5.08. The van der Waals surface area contributed by atoms with E-state index in [1.807, 2.05) is 4.90 Å². The number of urea groups is 1. The number of nitrogens with zero attached hydrogens (tertiary/aromatic N) is 4. The lowest BCUT2D eigenvalue weighted by molar-refractivity contribution is -0.192. The number of nitrogens with one attached hydrogen (secondary N) is 1. The lowest BCUT2D eigenvalue weighted by Crippen LogP contribution is -2.59. The number of hydrogen-bond donors (Lipinski definition) is 2. The number of esters is 1. The molecule has 1 saturated heterocycles. The Labute approximate surface area is 210 Å². The molecule has 0 spiro atoms. The van der Waals surface area contributed by atoms with Crippen molar-refractivity contribution in [3.8, 4) is 0 Å². The van der Waals surface area contributed by atoms with E-state index in [0.29, 0.717) is 31.0 Å². The third-order valence-corrected chi connectivity index (χ3v) is 5.44. The van der Waals surface area contributed by atoms with E-state index in [4.69, 9.17) is 9.90 Å². The third kappa shape index (κ3) is 8.29. The number of alkyl halides is 3. The van der Waals surface area contributed by atoms with Gasteiger partial charge in [0, 0.05) is 31.7 Å². The van der Waals surface area contributed by atoms with Crippen LogP contribution in [0.25, 0.3) is 0 Å². The monoisotopic (exact) mass is 529 g/mol. The Balaban J connectivity index is 0.000000604. The van der Waals surface area contributed by atoms with Crippen molar-refractivity contribution < 1.29 is 41.8 Å². The molecule has 3 rings (SSSR count). The molecule has 1 aromatic carbocycles. The third-order valence-electron chi connectivity index (χ3n) is 5.44. The van der Waals surface area contributed by atoms with E-state index in [0.717, 1.165) is 0 Å². The first-order valence-electron chi connectivity index (χ1n) is 11.1. The Bertz CT molecular complexity index is 1080. The van der Waals surface area contributed by atoms with Crippen molar-refractivity contribution in [3.05, 3.63) is 53.7 Å². The lowest BCUT2D eigenvalue weighted by atomic mass is 10.00. The SMILES string of the molecule is COC(=O)c1cnc(N2CCN(C(=O)NCc3ccccc3F)C(C(C)C)C2)cn1.O=C(O)C(F)(F)F. The van der Waals surface area contributed by atoms with Crippen molar-refractivity contribution in [1.82, 2.24) is 20.2 Å². The molecule has 14 heteroatoms. The summed E-state index contributed by atoms with van der Waals surface area (Å²) in [6.07, 6.45) is -2.16. The van der Waals surface area contributed by atoms with Crippen molar-refractivity contribution >= 4 is 23.8 Å². The number of benzene rings is 1. The van der Waals surface area contributed by atoms with Gasteiger partial charge in [0.15, 0.2) is 5.69 Å². The summed E-state index contributed by atoms with van der Waals surface area (Å²) in [5.74, 6) is -2.79. The molecule has 37 heavy (non-hydrogen) atoms.